The second-order valence-electron chi connectivity index (χ2n) is 6.59. The Morgan fingerprint density at radius 1 is 1.12 bits per heavy atom. The molecule has 1 heterocycles. The molecule has 1 fully saturated rings. The Labute approximate surface area is 164 Å². The molecule has 0 amide bonds. The minimum absolute atomic E-state index is 0.191. The Bertz CT molecular complexity index is 766. The maximum absolute atomic E-state index is 13.1. The molecule has 26 heavy (non-hydrogen) atoms. The van der Waals surface area contributed by atoms with Crippen LogP contribution in [0, 0.1) is 12.7 Å². The number of benzene rings is 2. The van der Waals surface area contributed by atoms with E-state index in [2.05, 4.69) is 15.1 Å². The minimum Gasteiger partial charge on any atom is -0.348 e. The Morgan fingerprint density at radius 2 is 1.88 bits per heavy atom. The lowest BCUT2D eigenvalue weighted by Gasteiger charge is -2.25. The van der Waals surface area contributed by atoms with Gasteiger partial charge < -0.3 is 10.2 Å². The van der Waals surface area contributed by atoms with E-state index in [4.69, 9.17) is 23.8 Å². The molecule has 0 radical (unpaired) electrons. The fourth-order valence-corrected chi connectivity index (χ4v) is 3.58. The molecule has 2 aromatic rings. The Kier molecular flexibility index (Phi) is 6.46. The van der Waals surface area contributed by atoms with Crippen molar-refractivity contribution in [2.75, 3.05) is 31.5 Å². The molecule has 0 aliphatic carbocycles. The van der Waals surface area contributed by atoms with Crippen molar-refractivity contribution in [1.82, 2.24) is 9.80 Å². The number of thiocarbonyl (C=S) groups is 1. The predicted molar refractivity (Wildman–Crippen MR) is 110 cm³/mol. The van der Waals surface area contributed by atoms with Gasteiger partial charge >= 0.3 is 0 Å². The van der Waals surface area contributed by atoms with Gasteiger partial charge in [0.15, 0.2) is 5.11 Å². The average Bonchev–Trinajstić information content (AvgIpc) is 2.86. The lowest BCUT2D eigenvalue weighted by Crippen LogP contribution is -2.37. The van der Waals surface area contributed by atoms with Crippen LogP contribution in [0.1, 0.15) is 17.5 Å². The van der Waals surface area contributed by atoms with E-state index < -0.39 is 0 Å². The number of hydrogen-bond acceptors (Lipinski definition) is 2. The molecule has 1 aliphatic rings. The zero-order chi connectivity index (χ0) is 18.5. The van der Waals surface area contributed by atoms with Crippen molar-refractivity contribution in [2.45, 2.75) is 19.9 Å². The summed E-state index contributed by atoms with van der Waals surface area (Å²) in [5.74, 6) is -0.191. The normalized spacial score (nSPS) is 15.6. The van der Waals surface area contributed by atoms with Crippen molar-refractivity contribution in [3.63, 3.8) is 0 Å². The number of nitrogens with one attached hydrogen (secondary N) is 1. The Morgan fingerprint density at radius 3 is 2.65 bits per heavy atom. The molecule has 3 rings (SSSR count). The largest absolute Gasteiger partial charge is 0.348 e. The van der Waals surface area contributed by atoms with Crippen LogP contribution >= 0.6 is 23.8 Å². The summed E-state index contributed by atoms with van der Waals surface area (Å²) >= 11 is 11.8. The molecule has 0 aromatic heterocycles. The summed E-state index contributed by atoms with van der Waals surface area (Å²) in [6.07, 6.45) is 1.04. The molecule has 0 spiro atoms. The van der Waals surface area contributed by atoms with Gasteiger partial charge in [-0.05, 0) is 61.0 Å². The van der Waals surface area contributed by atoms with E-state index in [0.29, 0.717) is 0 Å². The summed E-state index contributed by atoms with van der Waals surface area (Å²) in [4.78, 5) is 4.60. The van der Waals surface area contributed by atoms with Crippen LogP contribution in [-0.4, -0.2) is 41.1 Å². The summed E-state index contributed by atoms with van der Waals surface area (Å²) in [6.45, 7) is 6.54. The smallest absolute Gasteiger partial charge is 0.173 e. The molecule has 0 atom stereocenters. The van der Waals surface area contributed by atoms with E-state index in [-0.39, 0.29) is 5.82 Å². The SMILES string of the molecule is Cc1c(Cl)cccc1NC(=S)N1CCCN(Cc2ccc(F)cc2)CC1. The quantitative estimate of drug-likeness (QED) is 0.764. The Balaban J connectivity index is 1.56. The van der Waals surface area contributed by atoms with Crippen molar-refractivity contribution < 1.29 is 4.39 Å². The summed E-state index contributed by atoms with van der Waals surface area (Å²) in [7, 11) is 0. The fraction of sp³-hybridized carbons (Fsp3) is 0.350. The van der Waals surface area contributed by atoms with Crippen molar-refractivity contribution in [3.05, 3.63) is 64.4 Å². The third-order valence-corrected chi connectivity index (χ3v) is 5.47. The summed E-state index contributed by atoms with van der Waals surface area (Å²) in [6, 6.07) is 12.5. The van der Waals surface area contributed by atoms with Gasteiger partial charge in [-0.3, -0.25) is 4.90 Å². The molecule has 1 saturated heterocycles. The van der Waals surface area contributed by atoms with E-state index in [1.807, 2.05) is 37.3 Å². The van der Waals surface area contributed by atoms with Gasteiger partial charge in [0.25, 0.3) is 0 Å². The van der Waals surface area contributed by atoms with Crippen LogP contribution in [0.15, 0.2) is 42.5 Å². The zero-order valence-electron chi connectivity index (χ0n) is 14.8. The third kappa shape index (κ3) is 4.93. The zero-order valence-corrected chi connectivity index (χ0v) is 16.4. The number of nitrogens with zero attached hydrogens (tertiary/aromatic N) is 2. The first-order chi connectivity index (χ1) is 12.5. The van der Waals surface area contributed by atoms with E-state index in [9.17, 15) is 4.39 Å². The second-order valence-corrected chi connectivity index (χ2v) is 7.38. The van der Waals surface area contributed by atoms with Crippen LogP contribution in [-0.2, 0) is 6.54 Å². The highest BCUT2D eigenvalue weighted by Crippen LogP contribution is 2.23. The topological polar surface area (TPSA) is 18.5 Å². The van der Waals surface area contributed by atoms with Crippen LogP contribution < -0.4 is 5.32 Å². The van der Waals surface area contributed by atoms with Crippen LogP contribution in [0.25, 0.3) is 0 Å². The number of rotatable bonds is 3. The van der Waals surface area contributed by atoms with E-state index in [0.717, 1.165) is 66.1 Å². The number of hydrogen-bond donors (Lipinski definition) is 1. The summed E-state index contributed by atoms with van der Waals surface area (Å²) < 4.78 is 13.1. The molecule has 0 unspecified atom stereocenters. The van der Waals surface area contributed by atoms with Gasteiger partial charge in [0.1, 0.15) is 5.82 Å². The monoisotopic (exact) mass is 391 g/mol. The van der Waals surface area contributed by atoms with Gasteiger partial charge in [-0.1, -0.05) is 29.8 Å². The van der Waals surface area contributed by atoms with Crippen molar-refractivity contribution >= 4 is 34.6 Å². The Hall–Kier alpha value is -1.69. The molecule has 1 aliphatic heterocycles. The fourth-order valence-electron chi connectivity index (χ4n) is 3.12. The maximum atomic E-state index is 13.1. The lowest BCUT2D eigenvalue weighted by atomic mass is 10.2. The molecule has 0 saturated carbocycles. The molecular weight excluding hydrogens is 369 g/mol. The molecule has 3 nitrogen and oxygen atoms in total. The van der Waals surface area contributed by atoms with Crippen LogP contribution in [0.2, 0.25) is 5.02 Å². The van der Waals surface area contributed by atoms with Crippen LogP contribution in [0.5, 0.6) is 0 Å². The first-order valence-electron chi connectivity index (χ1n) is 8.81. The lowest BCUT2D eigenvalue weighted by molar-refractivity contribution is 0.278. The molecule has 0 bridgehead atoms. The highest BCUT2D eigenvalue weighted by molar-refractivity contribution is 7.80. The van der Waals surface area contributed by atoms with Gasteiger partial charge in [0.05, 0.1) is 0 Å². The van der Waals surface area contributed by atoms with Gasteiger partial charge in [-0.25, -0.2) is 4.39 Å². The first-order valence-corrected chi connectivity index (χ1v) is 9.59. The van der Waals surface area contributed by atoms with Crippen molar-refractivity contribution in [3.8, 4) is 0 Å². The summed E-state index contributed by atoms with van der Waals surface area (Å²) in [5, 5.41) is 4.80. The maximum Gasteiger partial charge on any atom is 0.173 e. The molecule has 1 N–H and O–H groups in total. The molecule has 6 heteroatoms. The van der Waals surface area contributed by atoms with Gasteiger partial charge in [-0.15, -0.1) is 0 Å². The predicted octanol–water partition coefficient (Wildman–Crippen LogP) is 4.69. The van der Waals surface area contributed by atoms with E-state index in [1.54, 1.807) is 0 Å². The van der Waals surface area contributed by atoms with Gasteiger partial charge in [0, 0.05) is 43.4 Å². The molecule has 2 aromatic carbocycles. The first kappa shape index (κ1) is 19.1. The van der Waals surface area contributed by atoms with Crippen LogP contribution in [0.3, 0.4) is 0 Å². The van der Waals surface area contributed by atoms with Crippen LogP contribution in [0.4, 0.5) is 10.1 Å². The average molecular weight is 392 g/mol. The third-order valence-electron chi connectivity index (χ3n) is 4.70. The van der Waals surface area contributed by atoms with E-state index >= 15 is 0 Å². The number of halogens is 2. The van der Waals surface area contributed by atoms with Gasteiger partial charge in [0.2, 0.25) is 0 Å². The molecule has 138 valence electrons. The van der Waals surface area contributed by atoms with Crippen molar-refractivity contribution in [1.29, 1.82) is 0 Å². The number of anilines is 1. The summed E-state index contributed by atoms with van der Waals surface area (Å²) in [5.41, 5.74) is 3.09. The minimum atomic E-state index is -0.191. The molecular formula is C20H23ClFN3S. The van der Waals surface area contributed by atoms with Gasteiger partial charge in [-0.2, -0.15) is 0 Å². The van der Waals surface area contributed by atoms with Crippen molar-refractivity contribution in [2.24, 2.45) is 0 Å². The highest BCUT2D eigenvalue weighted by Gasteiger charge is 2.17. The van der Waals surface area contributed by atoms with E-state index in [1.165, 1.54) is 12.1 Å². The second kappa shape index (κ2) is 8.80. The standard InChI is InChI=1S/C20H23ClFN3S/c1-15-18(21)4-2-5-19(15)23-20(26)25-11-3-10-24(12-13-25)14-16-6-8-17(22)9-7-16/h2,4-9H,3,10-14H2,1H3,(H,23,26). The highest BCUT2D eigenvalue weighted by atomic mass is 35.5.